The van der Waals surface area contributed by atoms with Crippen LogP contribution in [0, 0.1) is 6.92 Å². The second-order valence-corrected chi connectivity index (χ2v) is 6.48. The minimum absolute atomic E-state index is 0.515. The Labute approximate surface area is 142 Å². The van der Waals surface area contributed by atoms with Crippen LogP contribution in [0.3, 0.4) is 0 Å². The van der Waals surface area contributed by atoms with E-state index in [4.69, 9.17) is 0 Å². The molecule has 1 aliphatic heterocycles. The van der Waals surface area contributed by atoms with Gasteiger partial charge in [-0.25, -0.2) is 0 Å². The van der Waals surface area contributed by atoms with Crippen LogP contribution in [0.15, 0.2) is 48.9 Å². The minimum Gasteiger partial charge on any atom is -0.382 e. The molecular formula is C20H22N4. The zero-order chi connectivity index (χ0) is 16.4. The van der Waals surface area contributed by atoms with Crippen molar-refractivity contribution in [3.63, 3.8) is 0 Å². The summed E-state index contributed by atoms with van der Waals surface area (Å²) in [6, 6.07) is 11.2. The molecule has 1 fully saturated rings. The van der Waals surface area contributed by atoms with E-state index in [-0.39, 0.29) is 0 Å². The molecule has 0 bridgehead atoms. The van der Waals surface area contributed by atoms with Gasteiger partial charge in [0.2, 0.25) is 0 Å². The molecule has 122 valence electrons. The van der Waals surface area contributed by atoms with E-state index in [0.717, 1.165) is 37.2 Å². The summed E-state index contributed by atoms with van der Waals surface area (Å²) < 4.78 is 0. The second-order valence-electron chi connectivity index (χ2n) is 6.48. The zero-order valence-electron chi connectivity index (χ0n) is 13.9. The zero-order valence-corrected chi connectivity index (χ0v) is 13.9. The number of fused-ring (bicyclic) bond motifs is 1. The Morgan fingerprint density at radius 3 is 2.71 bits per heavy atom. The van der Waals surface area contributed by atoms with Gasteiger partial charge in [-0.2, -0.15) is 0 Å². The standard InChI is InChI=1S/C20H22N4/c1-14-2-3-16(12-23-14)17-10-15-4-7-22-13-19(15)20(11-17)24-18-5-8-21-9-6-18/h2-4,7,10-13,18,21,24H,5-6,8-9H2,1H3. The number of anilines is 1. The smallest absolute Gasteiger partial charge is 0.0443 e. The highest BCUT2D eigenvalue weighted by molar-refractivity contribution is 5.97. The summed E-state index contributed by atoms with van der Waals surface area (Å²) in [5.41, 5.74) is 4.55. The summed E-state index contributed by atoms with van der Waals surface area (Å²) in [5, 5.41) is 9.55. The number of pyridine rings is 2. The molecule has 0 unspecified atom stereocenters. The van der Waals surface area contributed by atoms with Crippen LogP contribution in [-0.2, 0) is 0 Å². The van der Waals surface area contributed by atoms with Gasteiger partial charge in [0.05, 0.1) is 0 Å². The highest BCUT2D eigenvalue weighted by atomic mass is 15.0. The summed E-state index contributed by atoms with van der Waals surface area (Å²) >= 11 is 0. The highest BCUT2D eigenvalue weighted by Gasteiger charge is 2.15. The predicted octanol–water partition coefficient (Wildman–Crippen LogP) is 3.77. The number of rotatable bonds is 3. The normalized spacial score (nSPS) is 15.5. The van der Waals surface area contributed by atoms with Gasteiger partial charge < -0.3 is 10.6 Å². The van der Waals surface area contributed by atoms with Crippen molar-refractivity contribution in [1.82, 2.24) is 15.3 Å². The van der Waals surface area contributed by atoms with Gasteiger partial charge in [0.15, 0.2) is 0 Å². The van der Waals surface area contributed by atoms with Crippen LogP contribution in [0.4, 0.5) is 5.69 Å². The van der Waals surface area contributed by atoms with Gasteiger partial charge in [0.25, 0.3) is 0 Å². The van der Waals surface area contributed by atoms with Gasteiger partial charge in [0.1, 0.15) is 0 Å². The lowest BCUT2D eigenvalue weighted by molar-refractivity contribution is 0.479. The van der Waals surface area contributed by atoms with Crippen LogP contribution >= 0.6 is 0 Å². The van der Waals surface area contributed by atoms with Crippen molar-refractivity contribution in [3.8, 4) is 11.1 Å². The molecule has 4 heteroatoms. The lowest BCUT2D eigenvalue weighted by atomic mass is 10.00. The largest absolute Gasteiger partial charge is 0.382 e. The molecule has 0 aliphatic carbocycles. The van der Waals surface area contributed by atoms with Gasteiger partial charge >= 0.3 is 0 Å². The van der Waals surface area contributed by atoms with E-state index in [1.165, 1.54) is 22.0 Å². The Bertz CT molecular complexity index is 836. The minimum atomic E-state index is 0.515. The summed E-state index contributed by atoms with van der Waals surface area (Å²) in [7, 11) is 0. The first kappa shape index (κ1) is 15.1. The number of aryl methyl sites for hydroxylation is 1. The summed E-state index contributed by atoms with van der Waals surface area (Å²) in [6.07, 6.45) is 8.06. The molecule has 1 saturated heterocycles. The topological polar surface area (TPSA) is 49.8 Å². The maximum Gasteiger partial charge on any atom is 0.0443 e. The fraction of sp³-hybridized carbons (Fsp3) is 0.300. The Balaban J connectivity index is 1.76. The van der Waals surface area contributed by atoms with Gasteiger partial charge in [-0.1, -0.05) is 6.07 Å². The van der Waals surface area contributed by atoms with Gasteiger partial charge in [-0.05, 0) is 68.1 Å². The van der Waals surface area contributed by atoms with E-state index in [2.05, 4.69) is 50.9 Å². The number of hydrogen-bond acceptors (Lipinski definition) is 4. The molecule has 0 amide bonds. The third kappa shape index (κ3) is 3.10. The lowest BCUT2D eigenvalue weighted by Crippen LogP contribution is -2.35. The summed E-state index contributed by atoms with van der Waals surface area (Å²) in [5.74, 6) is 0. The summed E-state index contributed by atoms with van der Waals surface area (Å²) in [6.45, 7) is 4.17. The number of hydrogen-bond donors (Lipinski definition) is 2. The number of aromatic nitrogens is 2. The lowest BCUT2D eigenvalue weighted by Gasteiger charge is -2.25. The van der Waals surface area contributed by atoms with E-state index in [9.17, 15) is 0 Å². The van der Waals surface area contributed by atoms with Crippen molar-refractivity contribution in [2.24, 2.45) is 0 Å². The highest BCUT2D eigenvalue weighted by Crippen LogP contribution is 2.31. The van der Waals surface area contributed by atoms with Crippen LogP contribution in [-0.4, -0.2) is 29.1 Å². The molecule has 0 spiro atoms. The van der Waals surface area contributed by atoms with Crippen molar-refractivity contribution in [3.05, 3.63) is 54.6 Å². The first-order chi connectivity index (χ1) is 11.8. The Kier molecular flexibility index (Phi) is 4.13. The first-order valence-corrected chi connectivity index (χ1v) is 8.58. The molecule has 2 N–H and O–H groups in total. The van der Waals surface area contributed by atoms with Crippen molar-refractivity contribution < 1.29 is 0 Å². The fourth-order valence-corrected chi connectivity index (χ4v) is 3.31. The van der Waals surface area contributed by atoms with Crippen LogP contribution in [0.2, 0.25) is 0 Å². The van der Waals surface area contributed by atoms with E-state index in [1.807, 2.05) is 25.5 Å². The Hall–Kier alpha value is -2.46. The maximum absolute atomic E-state index is 4.44. The van der Waals surface area contributed by atoms with E-state index < -0.39 is 0 Å². The SMILES string of the molecule is Cc1ccc(-c2cc(NC3CCNCC3)c3cnccc3c2)cn1. The molecule has 1 aliphatic rings. The van der Waals surface area contributed by atoms with Gasteiger partial charge in [0, 0.05) is 47.0 Å². The molecule has 2 aromatic heterocycles. The van der Waals surface area contributed by atoms with E-state index in [0.29, 0.717) is 6.04 Å². The molecule has 0 radical (unpaired) electrons. The van der Waals surface area contributed by atoms with Crippen LogP contribution < -0.4 is 10.6 Å². The number of nitrogens with one attached hydrogen (secondary N) is 2. The Morgan fingerprint density at radius 1 is 1.04 bits per heavy atom. The molecule has 0 atom stereocenters. The molecular weight excluding hydrogens is 296 g/mol. The second kappa shape index (κ2) is 6.57. The van der Waals surface area contributed by atoms with Crippen LogP contribution in [0.25, 0.3) is 21.9 Å². The molecule has 4 rings (SSSR count). The maximum atomic E-state index is 4.44. The van der Waals surface area contributed by atoms with E-state index >= 15 is 0 Å². The molecule has 0 saturated carbocycles. The average Bonchev–Trinajstić information content (AvgIpc) is 2.63. The predicted molar refractivity (Wildman–Crippen MR) is 99.2 cm³/mol. The van der Waals surface area contributed by atoms with Crippen LogP contribution in [0.5, 0.6) is 0 Å². The Morgan fingerprint density at radius 2 is 1.92 bits per heavy atom. The van der Waals surface area contributed by atoms with Gasteiger partial charge in [-0.15, -0.1) is 0 Å². The van der Waals surface area contributed by atoms with Crippen molar-refractivity contribution in [1.29, 1.82) is 0 Å². The number of piperidine rings is 1. The number of nitrogens with zero attached hydrogens (tertiary/aromatic N) is 2. The first-order valence-electron chi connectivity index (χ1n) is 8.58. The van der Waals surface area contributed by atoms with Crippen LogP contribution in [0.1, 0.15) is 18.5 Å². The fourth-order valence-electron chi connectivity index (χ4n) is 3.31. The number of benzene rings is 1. The summed E-state index contributed by atoms with van der Waals surface area (Å²) in [4.78, 5) is 8.76. The average molecular weight is 318 g/mol. The molecule has 1 aromatic carbocycles. The third-order valence-electron chi connectivity index (χ3n) is 4.70. The third-order valence-corrected chi connectivity index (χ3v) is 4.70. The van der Waals surface area contributed by atoms with E-state index in [1.54, 1.807) is 0 Å². The van der Waals surface area contributed by atoms with Crippen molar-refractivity contribution in [2.75, 3.05) is 18.4 Å². The molecule has 3 heterocycles. The molecule has 3 aromatic rings. The molecule has 24 heavy (non-hydrogen) atoms. The molecule has 4 nitrogen and oxygen atoms in total. The van der Waals surface area contributed by atoms with Gasteiger partial charge in [-0.3, -0.25) is 9.97 Å². The van der Waals surface area contributed by atoms with Crippen molar-refractivity contribution in [2.45, 2.75) is 25.8 Å². The van der Waals surface area contributed by atoms with Crippen molar-refractivity contribution >= 4 is 16.5 Å². The monoisotopic (exact) mass is 318 g/mol. The quantitative estimate of drug-likeness (QED) is 0.772.